The van der Waals surface area contributed by atoms with E-state index >= 15 is 0 Å². The standard InChI is InChI=1S/C13H11N5O2S/c19-21(20,12-4-2-1-3-5-12)17-11-6-7-13(14-8-11)18-9-15-16-10-18/h1-10,17H. The Morgan fingerprint density at radius 1 is 0.952 bits per heavy atom. The molecule has 8 heteroatoms. The molecule has 0 fully saturated rings. The molecule has 0 aliphatic rings. The van der Waals surface area contributed by atoms with Gasteiger partial charge in [-0.25, -0.2) is 13.4 Å². The first-order valence-electron chi connectivity index (χ1n) is 6.04. The third-order valence-corrected chi connectivity index (χ3v) is 4.13. The lowest BCUT2D eigenvalue weighted by molar-refractivity contribution is 0.601. The van der Waals surface area contributed by atoms with Gasteiger partial charge in [0.25, 0.3) is 10.0 Å². The number of rotatable bonds is 4. The van der Waals surface area contributed by atoms with Crippen LogP contribution in [0.5, 0.6) is 0 Å². The van der Waals surface area contributed by atoms with Gasteiger partial charge in [-0.15, -0.1) is 10.2 Å². The van der Waals surface area contributed by atoms with Crippen LogP contribution in [0.3, 0.4) is 0 Å². The van der Waals surface area contributed by atoms with E-state index in [9.17, 15) is 8.42 Å². The zero-order valence-electron chi connectivity index (χ0n) is 10.8. The Balaban J connectivity index is 1.83. The third kappa shape index (κ3) is 2.90. The lowest BCUT2D eigenvalue weighted by Crippen LogP contribution is -2.13. The molecule has 0 spiro atoms. The Morgan fingerprint density at radius 3 is 2.29 bits per heavy atom. The Labute approximate surface area is 121 Å². The quantitative estimate of drug-likeness (QED) is 0.788. The Kier molecular flexibility index (Phi) is 3.36. The van der Waals surface area contributed by atoms with Crippen molar-refractivity contribution >= 4 is 15.7 Å². The van der Waals surface area contributed by atoms with E-state index in [0.717, 1.165) is 0 Å². The molecule has 3 rings (SSSR count). The molecular weight excluding hydrogens is 290 g/mol. The molecule has 2 aromatic heterocycles. The molecule has 0 aliphatic heterocycles. The van der Waals surface area contributed by atoms with Crippen molar-refractivity contribution in [2.75, 3.05) is 4.72 Å². The molecule has 1 aromatic carbocycles. The van der Waals surface area contributed by atoms with Gasteiger partial charge in [0, 0.05) is 0 Å². The zero-order chi connectivity index (χ0) is 14.7. The molecule has 0 aliphatic carbocycles. The van der Waals surface area contributed by atoms with Gasteiger partial charge in [-0.05, 0) is 24.3 Å². The molecule has 106 valence electrons. The molecule has 0 saturated carbocycles. The maximum absolute atomic E-state index is 12.2. The van der Waals surface area contributed by atoms with Gasteiger partial charge in [0.2, 0.25) is 0 Å². The second-order valence-electron chi connectivity index (χ2n) is 4.19. The minimum Gasteiger partial charge on any atom is -0.278 e. The summed E-state index contributed by atoms with van der Waals surface area (Å²) in [6.07, 6.45) is 4.46. The molecule has 7 nitrogen and oxygen atoms in total. The van der Waals surface area contributed by atoms with E-state index in [-0.39, 0.29) is 4.90 Å². The largest absolute Gasteiger partial charge is 0.278 e. The molecule has 0 radical (unpaired) electrons. The maximum Gasteiger partial charge on any atom is 0.261 e. The van der Waals surface area contributed by atoms with Gasteiger partial charge >= 0.3 is 0 Å². The van der Waals surface area contributed by atoms with Crippen LogP contribution in [-0.2, 0) is 10.0 Å². The fourth-order valence-corrected chi connectivity index (χ4v) is 2.80. The molecule has 21 heavy (non-hydrogen) atoms. The summed E-state index contributed by atoms with van der Waals surface area (Å²) in [5.41, 5.74) is 0.385. The van der Waals surface area contributed by atoms with Crippen molar-refractivity contribution in [1.82, 2.24) is 19.7 Å². The number of aromatic nitrogens is 4. The van der Waals surface area contributed by atoms with Gasteiger partial charge < -0.3 is 0 Å². The van der Waals surface area contributed by atoms with E-state index in [1.807, 2.05) is 0 Å². The van der Waals surface area contributed by atoms with Crippen LogP contribution in [0.15, 0.2) is 66.2 Å². The van der Waals surface area contributed by atoms with Crippen LogP contribution in [0.4, 0.5) is 5.69 Å². The topological polar surface area (TPSA) is 89.8 Å². The zero-order valence-corrected chi connectivity index (χ0v) is 11.6. The molecule has 0 bridgehead atoms. The van der Waals surface area contributed by atoms with Gasteiger partial charge in [0.15, 0.2) is 0 Å². The molecule has 0 unspecified atom stereocenters. The number of nitrogens with one attached hydrogen (secondary N) is 1. The van der Waals surface area contributed by atoms with Crippen molar-refractivity contribution in [2.24, 2.45) is 0 Å². The van der Waals surface area contributed by atoms with E-state index in [1.165, 1.54) is 31.0 Å². The van der Waals surface area contributed by atoms with Gasteiger partial charge in [-0.2, -0.15) is 0 Å². The molecular formula is C13H11N5O2S. The summed E-state index contributed by atoms with van der Waals surface area (Å²) in [5, 5.41) is 7.36. The summed E-state index contributed by atoms with van der Waals surface area (Å²) < 4.78 is 28.4. The van der Waals surface area contributed by atoms with Gasteiger partial charge in [0.05, 0.1) is 16.8 Å². The van der Waals surface area contributed by atoms with Crippen molar-refractivity contribution in [2.45, 2.75) is 4.90 Å². The van der Waals surface area contributed by atoms with Crippen molar-refractivity contribution < 1.29 is 8.42 Å². The minimum atomic E-state index is -3.60. The average Bonchev–Trinajstić information content (AvgIpc) is 3.03. The summed E-state index contributed by atoms with van der Waals surface area (Å²) in [7, 11) is -3.60. The molecule has 0 atom stereocenters. The molecule has 1 N–H and O–H groups in total. The summed E-state index contributed by atoms with van der Waals surface area (Å²) in [6, 6.07) is 11.5. The van der Waals surface area contributed by atoms with Crippen LogP contribution in [-0.4, -0.2) is 28.2 Å². The number of sulfonamides is 1. The maximum atomic E-state index is 12.2. The highest BCUT2D eigenvalue weighted by Crippen LogP contribution is 2.15. The molecule has 3 aromatic rings. The fourth-order valence-electron chi connectivity index (χ4n) is 1.73. The SMILES string of the molecule is O=S(=O)(Nc1ccc(-n2cnnc2)nc1)c1ccccc1. The molecule has 0 saturated heterocycles. The first kappa shape index (κ1) is 13.3. The third-order valence-electron chi connectivity index (χ3n) is 2.74. The van der Waals surface area contributed by atoms with E-state index < -0.39 is 10.0 Å². The van der Waals surface area contributed by atoms with Crippen LogP contribution < -0.4 is 4.72 Å². The predicted molar refractivity (Wildman–Crippen MR) is 76.4 cm³/mol. The smallest absolute Gasteiger partial charge is 0.261 e. The van der Waals surface area contributed by atoms with Crippen molar-refractivity contribution in [1.29, 1.82) is 0 Å². The highest BCUT2D eigenvalue weighted by Gasteiger charge is 2.13. The van der Waals surface area contributed by atoms with Crippen LogP contribution in [0.2, 0.25) is 0 Å². The van der Waals surface area contributed by atoms with E-state index in [0.29, 0.717) is 11.5 Å². The Bertz CT molecular complexity index is 815. The van der Waals surface area contributed by atoms with E-state index in [1.54, 1.807) is 34.9 Å². The first-order chi connectivity index (χ1) is 10.1. The predicted octanol–water partition coefficient (Wildman–Crippen LogP) is 1.46. The lowest BCUT2D eigenvalue weighted by Gasteiger charge is -2.08. The van der Waals surface area contributed by atoms with Gasteiger partial charge in [0.1, 0.15) is 18.5 Å². The second kappa shape index (κ2) is 5.33. The van der Waals surface area contributed by atoms with Crippen molar-refractivity contribution in [3.63, 3.8) is 0 Å². The van der Waals surface area contributed by atoms with E-state index in [4.69, 9.17) is 0 Å². The van der Waals surface area contributed by atoms with Crippen LogP contribution in [0, 0.1) is 0 Å². The number of nitrogens with zero attached hydrogens (tertiary/aromatic N) is 4. The van der Waals surface area contributed by atoms with E-state index in [2.05, 4.69) is 19.9 Å². The Morgan fingerprint density at radius 2 is 1.67 bits per heavy atom. The summed E-state index contributed by atoms with van der Waals surface area (Å²) >= 11 is 0. The van der Waals surface area contributed by atoms with Crippen LogP contribution >= 0.6 is 0 Å². The Hall–Kier alpha value is -2.74. The first-order valence-corrected chi connectivity index (χ1v) is 7.52. The monoisotopic (exact) mass is 301 g/mol. The number of hydrogen-bond donors (Lipinski definition) is 1. The number of pyridine rings is 1. The minimum absolute atomic E-state index is 0.202. The number of benzene rings is 1. The highest BCUT2D eigenvalue weighted by atomic mass is 32.2. The summed E-state index contributed by atoms with van der Waals surface area (Å²) in [5.74, 6) is 0.600. The second-order valence-corrected chi connectivity index (χ2v) is 5.88. The fraction of sp³-hybridized carbons (Fsp3) is 0. The van der Waals surface area contributed by atoms with Crippen LogP contribution in [0.1, 0.15) is 0 Å². The highest BCUT2D eigenvalue weighted by molar-refractivity contribution is 7.92. The summed E-state index contributed by atoms with van der Waals surface area (Å²) in [6.45, 7) is 0. The lowest BCUT2D eigenvalue weighted by atomic mass is 10.4. The summed E-state index contributed by atoms with van der Waals surface area (Å²) in [4.78, 5) is 4.36. The van der Waals surface area contributed by atoms with Crippen LogP contribution in [0.25, 0.3) is 5.82 Å². The molecule has 0 amide bonds. The van der Waals surface area contributed by atoms with Crippen molar-refractivity contribution in [3.05, 3.63) is 61.3 Å². The van der Waals surface area contributed by atoms with Crippen molar-refractivity contribution in [3.8, 4) is 5.82 Å². The molecule has 2 heterocycles. The number of anilines is 1. The normalized spacial score (nSPS) is 11.2. The number of hydrogen-bond acceptors (Lipinski definition) is 5. The average molecular weight is 301 g/mol. The van der Waals surface area contributed by atoms with Gasteiger partial charge in [-0.1, -0.05) is 18.2 Å². The van der Waals surface area contributed by atoms with Gasteiger partial charge in [-0.3, -0.25) is 9.29 Å².